The smallest absolute Gasteiger partial charge is 0.1000 e. The summed E-state index contributed by atoms with van der Waals surface area (Å²) >= 11 is 0. The van der Waals surface area contributed by atoms with Gasteiger partial charge in [0.2, 0.25) is 0 Å². The third-order valence-electron chi connectivity index (χ3n) is 3.54. The number of pyridine rings is 1. The van der Waals surface area contributed by atoms with Crippen molar-refractivity contribution in [3.05, 3.63) is 77.6 Å². The minimum atomic E-state index is -0.569. The van der Waals surface area contributed by atoms with Crippen LogP contribution in [-0.4, -0.2) is 10.1 Å². The molecule has 3 rings (SSSR count). The number of aryl methyl sites for hydroxylation is 1. The van der Waals surface area contributed by atoms with E-state index in [0.29, 0.717) is 6.42 Å². The lowest BCUT2D eigenvalue weighted by molar-refractivity contribution is 0.174. The van der Waals surface area contributed by atoms with E-state index in [1.807, 2.05) is 43.3 Å². The summed E-state index contributed by atoms with van der Waals surface area (Å²) in [7, 11) is 0. The average molecular weight is 263 g/mol. The maximum Gasteiger partial charge on any atom is 0.1000 e. The molecule has 1 atom stereocenters. The molecule has 2 nitrogen and oxygen atoms in total. The molecule has 0 amide bonds. The maximum absolute atomic E-state index is 10.4. The zero-order valence-corrected chi connectivity index (χ0v) is 11.5. The zero-order valence-electron chi connectivity index (χ0n) is 11.5. The second-order valence-electron chi connectivity index (χ2n) is 5.06. The summed E-state index contributed by atoms with van der Waals surface area (Å²) < 4.78 is 0. The molecule has 3 aromatic rings. The van der Waals surface area contributed by atoms with E-state index < -0.39 is 6.10 Å². The predicted molar refractivity (Wildman–Crippen MR) is 81.6 cm³/mol. The van der Waals surface area contributed by atoms with Crippen LogP contribution in [0.4, 0.5) is 0 Å². The average Bonchev–Trinajstić information content (AvgIpc) is 2.47. The molecule has 0 aliphatic rings. The van der Waals surface area contributed by atoms with Crippen LogP contribution in [0.5, 0.6) is 0 Å². The predicted octanol–water partition coefficient (Wildman–Crippen LogP) is 3.82. The fraction of sp³-hybridized carbons (Fsp3) is 0.167. The number of aliphatic hydroxyl groups excluding tert-OH is 1. The molecule has 2 aromatic carbocycles. The molecule has 0 fully saturated rings. The standard InChI is InChI=1S/C18H17NO/c1-13-6-4-11-17(19-13)18(20)12-15-9-5-8-14-7-2-3-10-16(14)15/h2-11,18,20H,12H2,1H3. The second-order valence-corrected chi connectivity index (χ2v) is 5.06. The number of hydrogen-bond acceptors (Lipinski definition) is 2. The van der Waals surface area contributed by atoms with E-state index in [1.54, 1.807) is 0 Å². The molecule has 0 bridgehead atoms. The summed E-state index contributed by atoms with van der Waals surface area (Å²) in [4.78, 5) is 4.40. The number of fused-ring (bicyclic) bond motifs is 1. The van der Waals surface area contributed by atoms with Crippen LogP contribution < -0.4 is 0 Å². The van der Waals surface area contributed by atoms with Gasteiger partial charge in [0, 0.05) is 12.1 Å². The number of nitrogens with zero attached hydrogens (tertiary/aromatic N) is 1. The van der Waals surface area contributed by atoms with Crippen LogP contribution in [0.25, 0.3) is 10.8 Å². The Balaban J connectivity index is 1.93. The van der Waals surface area contributed by atoms with Crippen molar-refractivity contribution in [1.82, 2.24) is 4.98 Å². The van der Waals surface area contributed by atoms with Crippen LogP contribution in [0.1, 0.15) is 23.1 Å². The van der Waals surface area contributed by atoms with Gasteiger partial charge in [-0.15, -0.1) is 0 Å². The number of aliphatic hydroxyl groups is 1. The monoisotopic (exact) mass is 263 g/mol. The van der Waals surface area contributed by atoms with E-state index >= 15 is 0 Å². The van der Waals surface area contributed by atoms with Crippen LogP contribution in [0.15, 0.2) is 60.7 Å². The molecule has 1 N–H and O–H groups in total. The van der Waals surface area contributed by atoms with E-state index in [-0.39, 0.29) is 0 Å². The Labute approximate surface area is 118 Å². The quantitative estimate of drug-likeness (QED) is 0.779. The largest absolute Gasteiger partial charge is 0.386 e. The summed E-state index contributed by atoms with van der Waals surface area (Å²) in [5, 5.41) is 12.8. The van der Waals surface area contributed by atoms with Gasteiger partial charge in [-0.2, -0.15) is 0 Å². The van der Waals surface area contributed by atoms with Gasteiger partial charge in [-0.3, -0.25) is 4.98 Å². The summed E-state index contributed by atoms with van der Waals surface area (Å²) in [5.41, 5.74) is 2.82. The number of benzene rings is 2. The van der Waals surface area contributed by atoms with E-state index in [0.717, 1.165) is 17.0 Å². The topological polar surface area (TPSA) is 33.1 Å². The molecule has 0 aliphatic carbocycles. The third-order valence-corrected chi connectivity index (χ3v) is 3.54. The molecule has 20 heavy (non-hydrogen) atoms. The molecule has 0 saturated heterocycles. The lowest BCUT2D eigenvalue weighted by atomic mass is 9.98. The van der Waals surface area contributed by atoms with Gasteiger partial charge in [0.05, 0.1) is 11.8 Å². The Bertz CT molecular complexity index is 731. The summed E-state index contributed by atoms with van der Waals surface area (Å²) in [6.07, 6.45) is 0.0124. The van der Waals surface area contributed by atoms with Crippen LogP contribution in [0, 0.1) is 6.92 Å². The Morgan fingerprint density at radius 3 is 2.55 bits per heavy atom. The van der Waals surface area contributed by atoms with Crippen molar-refractivity contribution >= 4 is 10.8 Å². The van der Waals surface area contributed by atoms with Crippen molar-refractivity contribution in [2.75, 3.05) is 0 Å². The van der Waals surface area contributed by atoms with Crippen molar-refractivity contribution in [2.45, 2.75) is 19.4 Å². The lowest BCUT2D eigenvalue weighted by Gasteiger charge is -2.12. The van der Waals surface area contributed by atoms with Crippen LogP contribution in [-0.2, 0) is 6.42 Å². The summed E-state index contributed by atoms with van der Waals surface area (Å²) in [6.45, 7) is 1.94. The fourth-order valence-corrected chi connectivity index (χ4v) is 2.53. The molecule has 1 unspecified atom stereocenters. The second kappa shape index (κ2) is 5.43. The van der Waals surface area contributed by atoms with Gasteiger partial charge in [-0.25, -0.2) is 0 Å². The molecule has 0 saturated carbocycles. The van der Waals surface area contributed by atoms with Gasteiger partial charge >= 0.3 is 0 Å². The normalized spacial score (nSPS) is 12.5. The van der Waals surface area contributed by atoms with Crippen LogP contribution >= 0.6 is 0 Å². The molecule has 100 valence electrons. The van der Waals surface area contributed by atoms with E-state index in [9.17, 15) is 5.11 Å². The van der Waals surface area contributed by atoms with Crippen molar-refractivity contribution in [3.8, 4) is 0 Å². The van der Waals surface area contributed by atoms with Crippen molar-refractivity contribution < 1.29 is 5.11 Å². The minimum absolute atomic E-state index is 0.569. The first kappa shape index (κ1) is 12.8. The molecular weight excluding hydrogens is 246 g/mol. The molecule has 1 aromatic heterocycles. The van der Waals surface area contributed by atoms with Crippen LogP contribution in [0.3, 0.4) is 0 Å². The summed E-state index contributed by atoms with van der Waals surface area (Å²) in [6, 6.07) is 20.2. The molecule has 2 heteroatoms. The van der Waals surface area contributed by atoms with E-state index in [4.69, 9.17) is 0 Å². The molecule has 0 radical (unpaired) electrons. The number of rotatable bonds is 3. The van der Waals surface area contributed by atoms with Gasteiger partial charge in [0.15, 0.2) is 0 Å². The van der Waals surface area contributed by atoms with Crippen molar-refractivity contribution in [2.24, 2.45) is 0 Å². The first-order chi connectivity index (χ1) is 9.74. The Hall–Kier alpha value is -2.19. The van der Waals surface area contributed by atoms with Gasteiger partial charge in [0.1, 0.15) is 0 Å². The third kappa shape index (κ3) is 2.56. The first-order valence-electron chi connectivity index (χ1n) is 6.82. The fourth-order valence-electron chi connectivity index (χ4n) is 2.53. The van der Waals surface area contributed by atoms with E-state index in [1.165, 1.54) is 10.8 Å². The Morgan fingerprint density at radius 1 is 0.950 bits per heavy atom. The highest BCUT2D eigenvalue weighted by atomic mass is 16.3. The SMILES string of the molecule is Cc1cccc(C(O)Cc2cccc3ccccc23)n1. The highest BCUT2D eigenvalue weighted by Gasteiger charge is 2.11. The van der Waals surface area contributed by atoms with Gasteiger partial charge < -0.3 is 5.11 Å². The number of hydrogen-bond donors (Lipinski definition) is 1. The minimum Gasteiger partial charge on any atom is -0.386 e. The highest BCUT2D eigenvalue weighted by Crippen LogP contribution is 2.23. The summed E-state index contributed by atoms with van der Waals surface area (Å²) in [5.74, 6) is 0. The first-order valence-corrected chi connectivity index (χ1v) is 6.82. The van der Waals surface area contributed by atoms with Gasteiger partial charge in [-0.1, -0.05) is 48.5 Å². The van der Waals surface area contributed by atoms with Crippen LogP contribution in [0.2, 0.25) is 0 Å². The lowest BCUT2D eigenvalue weighted by Crippen LogP contribution is -2.05. The maximum atomic E-state index is 10.4. The van der Waals surface area contributed by atoms with Gasteiger partial charge in [0.25, 0.3) is 0 Å². The van der Waals surface area contributed by atoms with Crippen molar-refractivity contribution in [3.63, 3.8) is 0 Å². The van der Waals surface area contributed by atoms with E-state index in [2.05, 4.69) is 29.2 Å². The highest BCUT2D eigenvalue weighted by molar-refractivity contribution is 5.85. The molecule has 1 heterocycles. The Kier molecular flexibility index (Phi) is 3.48. The van der Waals surface area contributed by atoms with Gasteiger partial charge in [-0.05, 0) is 35.4 Å². The van der Waals surface area contributed by atoms with Crippen molar-refractivity contribution in [1.29, 1.82) is 0 Å². The molecular formula is C18H17NO. The molecule has 0 spiro atoms. The zero-order chi connectivity index (χ0) is 13.9. The number of aromatic nitrogens is 1. The Morgan fingerprint density at radius 2 is 1.70 bits per heavy atom. The molecule has 0 aliphatic heterocycles.